The van der Waals surface area contributed by atoms with Gasteiger partial charge in [0.2, 0.25) is 10.0 Å². The van der Waals surface area contributed by atoms with Crippen molar-refractivity contribution in [2.45, 2.75) is 96.9 Å². The van der Waals surface area contributed by atoms with Gasteiger partial charge in [0.1, 0.15) is 6.04 Å². The van der Waals surface area contributed by atoms with E-state index in [-0.39, 0.29) is 5.75 Å². The van der Waals surface area contributed by atoms with E-state index in [4.69, 9.17) is 5.11 Å². The molecule has 2 N–H and O–H groups in total. The number of rotatable bonds is 16. The molecule has 1 atom stereocenters. The van der Waals surface area contributed by atoms with Gasteiger partial charge in [-0.2, -0.15) is 0 Å². The van der Waals surface area contributed by atoms with E-state index in [9.17, 15) is 13.2 Å². The third-order valence-corrected chi connectivity index (χ3v) is 5.53. The maximum absolute atomic E-state index is 11.7. The average molecular weight is 350 g/mol. The van der Waals surface area contributed by atoms with E-state index in [1.54, 1.807) is 0 Å². The Morgan fingerprint density at radius 1 is 0.870 bits per heavy atom. The molecule has 0 aliphatic heterocycles. The van der Waals surface area contributed by atoms with E-state index in [1.165, 1.54) is 58.3 Å². The van der Waals surface area contributed by atoms with Crippen LogP contribution in [0.15, 0.2) is 0 Å². The molecule has 0 rings (SSSR count). The summed E-state index contributed by atoms with van der Waals surface area (Å²) >= 11 is 0. The number of carboxylic acid groups (broad SMARTS) is 1. The molecule has 138 valence electrons. The molecule has 5 nitrogen and oxygen atoms in total. The fourth-order valence-corrected chi connectivity index (χ4v) is 3.85. The van der Waals surface area contributed by atoms with Crippen LogP contribution in [0.4, 0.5) is 0 Å². The van der Waals surface area contributed by atoms with Crippen molar-refractivity contribution in [2.75, 3.05) is 5.75 Å². The Morgan fingerprint density at radius 3 is 1.65 bits per heavy atom. The third-order valence-electron chi connectivity index (χ3n) is 3.99. The van der Waals surface area contributed by atoms with E-state index in [0.29, 0.717) is 6.42 Å². The number of hydrogen-bond donors (Lipinski definition) is 2. The van der Waals surface area contributed by atoms with Gasteiger partial charge in [0.15, 0.2) is 0 Å². The van der Waals surface area contributed by atoms with Gasteiger partial charge >= 0.3 is 5.97 Å². The molecule has 0 amide bonds. The van der Waals surface area contributed by atoms with Crippen LogP contribution >= 0.6 is 0 Å². The molecule has 0 saturated carbocycles. The molecule has 0 aromatic rings. The van der Waals surface area contributed by atoms with Crippen LogP contribution in [0.1, 0.15) is 90.9 Å². The highest BCUT2D eigenvalue weighted by Crippen LogP contribution is 2.12. The summed E-state index contributed by atoms with van der Waals surface area (Å²) in [7, 11) is -3.47. The van der Waals surface area contributed by atoms with Crippen molar-refractivity contribution in [3.05, 3.63) is 0 Å². The molecule has 0 aromatic carbocycles. The number of unbranched alkanes of at least 4 members (excludes halogenated alkanes) is 11. The minimum Gasteiger partial charge on any atom is -0.480 e. The van der Waals surface area contributed by atoms with Crippen molar-refractivity contribution in [3.63, 3.8) is 0 Å². The molecule has 0 saturated heterocycles. The highest BCUT2D eigenvalue weighted by molar-refractivity contribution is 7.89. The lowest BCUT2D eigenvalue weighted by Gasteiger charge is -2.09. The quantitative estimate of drug-likeness (QED) is 0.411. The highest BCUT2D eigenvalue weighted by atomic mass is 32.2. The predicted octanol–water partition coefficient (Wildman–Crippen LogP) is 4.08. The van der Waals surface area contributed by atoms with Gasteiger partial charge < -0.3 is 5.11 Å². The van der Waals surface area contributed by atoms with Gasteiger partial charge in [-0.05, 0) is 13.3 Å². The molecular weight excluding hydrogens is 314 g/mol. The number of sulfonamides is 1. The summed E-state index contributed by atoms with van der Waals surface area (Å²) in [5.41, 5.74) is 0. The zero-order valence-corrected chi connectivity index (χ0v) is 15.7. The van der Waals surface area contributed by atoms with Gasteiger partial charge in [-0.25, -0.2) is 13.1 Å². The minimum absolute atomic E-state index is 0.0159. The minimum atomic E-state index is -3.47. The van der Waals surface area contributed by atoms with E-state index in [2.05, 4.69) is 11.6 Å². The van der Waals surface area contributed by atoms with E-state index < -0.39 is 22.0 Å². The van der Waals surface area contributed by atoms with Crippen LogP contribution in [0.5, 0.6) is 0 Å². The summed E-state index contributed by atoms with van der Waals surface area (Å²) in [6.45, 7) is 3.57. The smallest absolute Gasteiger partial charge is 0.321 e. The highest BCUT2D eigenvalue weighted by Gasteiger charge is 2.18. The van der Waals surface area contributed by atoms with Gasteiger partial charge in [0.05, 0.1) is 5.75 Å². The van der Waals surface area contributed by atoms with Crippen LogP contribution in [0.2, 0.25) is 0 Å². The normalized spacial score (nSPS) is 13.1. The van der Waals surface area contributed by atoms with Crippen LogP contribution in [-0.2, 0) is 14.8 Å². The summed E-state index contributed by atoms with van der Waals surface area (Å²) in [5.74, 6) is -1.13. The second kappa shape index (κ2) is 13.8. The maximum atomic E-state index is 11.7. The molecule has 6 heteroatoms. The molecule has 0 heterocycles. The van der Waals surface area contributed by atoms with Crippen molar-refractivity contribution in [2.24, 2.45) is 0 Å². The standard InChI is InChI=1S/C17H35NO4S/c1-3-4-5-6-7-8-9-10-11-12-13-14-15-23(21,22)18-16(2)17(19)20/h16,18H,3-15H2,1-2H3,(H,19,20). The van der Waals surface area contributed by atoms with Crippen LogP contribution in [-0.4, -0.2) is 31.3 Å². The Bertz CT molecular complexity index is 395. The Labute approximate surface area is 142 Å². The summed E-state index contributed by atoms with van der Waals surface area (Å²) in [4.78, 5) is 10.6. The average Bonchev–Trinajstić information content (AvgIpc) is 2.47. The van der Waals surface area contributed by atoms with Crippen molar-refractivity contribution >= 4 is 16.0 Å². The van der Waals surface area contributed by atoms with Gasteiger partial charge in [-0.1, -0.05) is 77.6 Å². The first-order valence-electron chi connectivity index (χ1n) is 9.12. The molecule has 0 aliphatic carbocycles. The summed E-state index contributed by atoms with van der Waals surface area (Å²) in [6, 6.07) is -1.06. The van der Waals surface area contributed by atoms with E-state index in [1.807, 2.05) is 0 Å². The van der Waals surface area contributed by atoms with Crippen LogP contribution in [0.25, 0.3) is 0 Å². The Kier molecular flexibility index (Phi) is 13.4. The van der Waals surface area contributed by atoms with E-state index >= 15 is 0 Å². The van der Waals surface area contributed by atoms with Crippen LogP contribution < -0.4 is 4.72 Å². The lowest BCUT2D eigenvalue weighted by molar-refractivity contribution is -0.138. The lowest BCUT2D eigenvalue weighted by Crippen LogP contribution is -2.39. The first-order valence-corrected chi connectivity index (χ1v) is 10.8. The topological polar surface area (TPSA) is 83.5 Å². The molecule has 0 spiro atoms. The van der Waals surface area contributed by atoms with Crippen LogP contribution in [0, 0.1) is 0 Å². The Morgan fingerprint density at radius 2 is 1.26 bits per heavy atom. The van der Waals surface area contributed by atoms with Crippen molar-refractivity contribution in [1.29, 1.82) is 0 Å². The SMILES string of the molecule is CCCCCCCCCCCCCCS(=O)(=O)NC(C)C(=O)O. The molecule has 0 radical (unpaired) electrons. The van der Waals surface area contributed by atoms with Crippen molar-refractivity contribution in [3.8, 4) is 0 Å². The first kappa shape index (κ1) is 22.4. The maximum Gasteiger partial charge on any atom is 0.321 e. The zero-order chi connectivity index (χ0) is 17.6. The van der Waals surface area contributed by atoms with Gasteiger partial charge in [-0.15, -0.1) is 0 Å². The van der Waals surface area contributed by atoms with Gasteiger partial charge in [-0.3, -0.25) is 4.79 Å². The Balaban J connectivity index is 3.43. The zero-order valence-electron chi connectivity index (χ0n) is 14.8. The number of carboxylic acids is 1. The molecule has 0 aliphatic rings. The largest absolute Gasteiger partial charge is 0.480 e. The number of hydrogen-bond acceptors (Lipinski definition) is 3. The molecule has 0 fully saturated rings. The monoisotopic (exact) mass is 349 g/mol. The molecule has 23 heavy (non-hydrogen) atoms. The molecule has 1 unspecified atom stereocenters. The second-order valence-corrected chi connectivity index (χ2v) is 8.26. The molecule has 0 aromatic heterocycles. The number of nitrogens with one attached hydrogen (secondary N) is 1. The van der Waals surface area contributed by atoms with Crippen molar-refractivity contribution < 1.29 is 18.3 Å². The number of carbonyl (C=O) groups is 1. The lowest BCUT2D eigenvalue weighted by atomic mass is 10.1. The van der Waals surface area contributed by atoms with Gasteiger partial charge in [0.25, 0.3) is 0 Å². The van der Waals surface area contributed by atoms with Crippen molar-refractivity contribution in [1.82, 2.24) is 4.72 Å². The predicted molar refractivity (Wildman–Crippen MR) is 95.1 cm³/mol. The second-order valence-electron chi connectivity index (χ2n) is 6.39. The Hall–Kier alpha value is -0.620. The summed E-state index contributed by atoms with van der Waals surface area (Å²) < 4.78 is 25.5. The first-order chi connectivity index (χ1) is 10.9. The molecular formula is C17H35NO4S. The fourth-order valence-electron chi connectivity index (χ4n) is 2.51. The van der Waals surface area contributed by atoms with E-state index in [0.717, 1.165) is 19.3 Å². The fraction of sp³-hybridized carbons (Fsp3) is 0.941. The summed E-state index contributed by atoms with van der Waals surface area (Å²) in [6.07, 6.45) is 14.2. The third kappa shape index (κ3) is 14.7. The number of aliphatic carboxylic acids is 1. The van der Waals surface area contributed by atoms with Gasteiger partial charge in [0, 0.05) is 0 Å². The molecule has 0 bridgehead atoms. The van der Waals surface area contributed by atoms with Crippen LogP contribution in [0.3, 0.4) is 0 Å². The summed E-state index contributed by atoms with van der Waals surface area (Å²) in [5, 5.41) is 8.69.